The van der Waals surface area contributed by atoms with E-state index in [4.69, 9.17) is 4.42 Å². The minimum absolute atomic E-state index is 0.183. The predicted octanol–water partition coefficient (Wildman–Crippen LogP) is 2.37. The van der Waals surface area contributed by atoms with Crippen LogP contribution in [0.5, 0.6) is 0 Å². The first-order valence-electron chi connectivity index (χ1n) is 6.98. The summed E-state index contributed by atoms with van der Waals surface area (Å²) in [5.74, 6) is -0.621. The molecule has 0 aliphatic heterocycles. The van der Waals surface area contributed by atoms with E-state index >= 15 is 0 Å². The molecule has 0 aliphatic rings. The second-order valence-corrected chi connectivity index (χ2v) is 5.28. The first-order chi connectivity index (χ1) is 10.5. The average Bonchev–Trinajstić information content (AvgIpc) is 2.79. The van der Waals surface area contributed by atoms with Crippen molar-refractivity contribution in [2.75, 3.05) is 0 Å². The summed E-state index contributed by atoms with van der Waals surface area (Å²) in [5, 5.41) is 2.88. The van der Waals surface area contributed by atoms with Gasteiger partial charge in [0.25, 0.3) is 5.91 Å². The lowest BCUT2D eigenvalue weighted by Gasteiger charge is -2.06. The maximum absolute atomic E-state index is 12.2. The van der Waals surface area contributed by atoms with Gasteiger partial charge in [-0.2, -0.15) is 0 Å². The second-order valence-electron chi connectivity index (χ2n) is 5.28. The molecule has 3 rings (SSSR count). The fourth-order valence-electron chi connectivity index (χ4n) is 2.37. The summed E-state index contributed by atoms with van der Waals surface area (Å²) in [5.41, 5.74) is 3.78. The molecule has 0 atom stereocenters. The second kappa shape index (κ2) is 5.52. The quantitative estimate of drug-likeness (QED) is 0.807. The lowest BCUT2D eigenvalue weighted by atomic mass is 10.1. The molecule has 0 radical (unpaired) electrons. The van der Waals surface area contributed by atoms with Gasteiger partial charge in [-0.05, 0) is 30.7 Å². The van der Waals surface area contributed by atoms with Gasteiger partial charge in [0.05, 0.1) is 5.52 Å². The van der Waals surface area contributed by atoms with Crippen molar-refractivity contribution in [3.63, 3.8) is 0 Å². The molecule has 2 aromatic carbocycles. The molecule has 3 aromatic rings. The Kier molecular flexibility index (Phi) is 3.55. The Hall–Kier alpha value is -2.82. The van der Waals surface area contributed by atoms with Crippen LogP contribution >= 0.6 is 0 Å². The van der Waals surface area contributed by atoms with Crippen molar-refractivity contribution in [2.24, 2.45) is 7.05 Å². The van der Waals surface area contributed by atoms with E-state index in [2.05, 4.69) is 5.32 Å². The normalized spacial score (nSPS) is 10.8. The first-order valence-corrected chi connectivity index (χ1v) is 6.98. The first kappa shape index (κ1) is 14.1. The van der Waals surface area contributed by atoms with Gasteiger partial charge in [0.15, 0.2) is 5.58 Å². The fraction of sp³-hybridized carbons (Fsp3) is 0.176. The number of rotatable bonds is 3. The minimum Gasteiger partial charge on any atom is -0.408 e. The Labute approximate surface area is 127 Å². The van der Waals surface area contributed by atoms with E-state index in [1.165, 1.54) is 4.57 Å². The third-order valence-corrected chi connectivity index (χ3v) is 3.59. The number of carbonyl (C=O) groups excluding carboxylic acids is 1. The van der Waals surface area contributed by atoms with E-state index in [1.807, 2.05) is 31.2 Å². The van der Waals surface area contributed by atoms with Crippen LogP contribution in [0.15, 0.2) is 51.7 Å². The van der Waals surface area contributed by atoms with Crippen LogP contribution in [0.2, 0.25) is 0 Å². The van der Waals surface area contributed by atoms with Crippen LogP contribution in [0.25, 0.3) is 11.1 Å². The van der Waals surface area contributed by atoms with Gasteiger partial charge >= 0.3 is 5.76 Å². The fourth-order valence-corrected chi connectivity index (χ4v) is 2.37. The summed E-state index contributed by atoms with van der Waals surface area (Å²) >= 11 is 0. The Bertz CT molecular complexity index is 906. The largest absolute Gasteiger partial charge is 0.419 e. The number of aromatic nitrogens is 1. The summed E-state index contributed by atoms with van der Waals surface area (Å²) < 4.78 is 6.43. The Morgan fingerprint density at radius 1 is 1.23 bits per heavy atom. The van der Waals surface area contributed by atoms with Gasteiger partial charge in [0, 0.05) is 19.2 Å². The molecule has 0 aliphatic carbocycles. The molecular formula is C17H16N2O3. The zero-order valence-electron chi connectivity index (χ0n) is 12.4. The number of carbonyl (C=O) groups is 1. The lowest BCUT2D eigenvalue weighted by molar-refractivity contribution is 0.0951. The smallest absolute Gasteiger partial charge is 0.408 e. The van der Waals surface area contributed by atoms with Crippen LogP contribution in [0.4, 0.5) is 0 Å². The average molecular weight is 296 g/mol. The van der Waals surface area contributed by atoms with E-state index in [9.17, 15) is 9.59 Å². The number of nitrogens with zero attached hydrogens (tertiary/aromatic N) is 1. The number of fused-ring (bicyclic) bond motifs is 1. The summed E-state index contributed by atoms with van der Waals surface area (Å²) in [6.45, 7) is 2.47. The molecule has 0 spiro atoms. The molecule has 112 valence electrons. The highest BCUT2D eigenvalue weighted by Gasteiger charge is 2.11. The maximum atomic E-state index is 12.2. The molecular weight excluding hydrogens is 280 g/mol. The van der Waals surface area contributed by atoms with Crippen LogP contribution in [-0.4, -0.2) is 10.5 Å². The number of hydrogen-bond acceptors (Lipinski definition) is 3. The molecule has 1 aromatic heterocycles. The summed E-state index contributed by atoms with van der Waals surface area (Å²) in [6.07, 6.45) is 0. The molecule has 1 N–H and O–H groups in total. The SMILES string of the molecule is Cc1cccc(CNC(=O)c2ccc3oc(=O)n(C)c3c2)c1. The zero-order valence-corrected chi connectivity index (χ0v) is 12.4. The molecule has 1 heterocycles. The highest BCUT2D eigenvalue weighted by atomic mass is 16.4. The van der Waals surface area contributed by atoms with E-state index in [-0.39, 0.29) is 5.91 Å². The molecule has 5 nitrogen and oxygen atoms in total. The number of benzene rings is 2. The summed E-state index contributed by atoms with van der Waals surface area (Å²) in [6, 6.07) is 12.9. The predicted molar refractivity (Wildman–Crippen MR) is 83.8 cm³/mol. The van der Waals surface area contributed by atoms with Crippen molar-refractivity contribution in [3.05, 3.63) is 69.7 Å². The highest BCUT2D eigenvalue weighted by molar-refractivity contribution is 5.97. The summed E-state index contributed by atoms with van der Waals surface area (Å²) in [7, 11) is 1.61. The lowest BCUT2D eigenvalue weighted by Crippen LogP contribution is -2.22. The molecule has 5 heteroatoms. The van der Waals surface area contributed by atoms with Crippen LogP contribution in [-0.2, 0) is 13.6 Å². The highest BCUT2D eigenvalue weighted by Crippen LogP contribution is 2.14. The Morgan fingerprint density at radius 3 is 2.82 bits per heavy atom. The van der Waals surface area contributed by atoms with Gasteiger partial charge in [-0.3, -0.25) is 9.36 Å². The molecule has 0 bridgehead atoms. The van der Waals surface area contributed by atoms with Crippen molar-refractivity contribution in [2.45, 2.75) is 13.5 Å². The van der Waals surface area contributed by atoms with Crippen LogP contribution in [0.1, 0.15) is 21.5 Å². The van der Waals surface area contributed by atoms with Crippen LogP contribution in [0, 0.1) is 6.92 Å². The van der Waals surface area contributed by atoms with Crippen molar-refractivity contribution >= 4 is 17.0 Å². The van der Waals surface area contributed by atoms with Crippen molar-refractivity contribution in [3.8, 4) is 0 Å². The van der Waals surface area contributed by atoms with Gasteiger partial charge in [-0.15, -0.1) is 0 Å². The van der Waals surface area contributed by atoms with E-state index in [0.717, 1.165) is 11.1 Å². The monoisotopic (exact) mass is 296 g/mol. The van der Waals surface area contributed by atoms with Crippen molar-refractivity contribution in [1.82, 2.24) is 9.88 Å². The third kappa shape index (κ3) is 2.65. The van der Waals surface area contributed by atoms with Crippen LogP contribution < -0.4 is 11.1 Å². The molecule has 22 heavy (non-hydrogen) atoms. The number of oxazole rings is 1. The topological polar surface area (TPSA) is 64.2 Å². The Morgan fingerprint density at radius 2 is 2.05 bits per heavy atom. The number of aryl methyl sites for hydroxylation is 2. The van der Waals surface area contributed by atoms with E-state index in [1.54, 1.807) is 25.2 Å². The molecule has 0 saturated heterocycles. The number of nitrogens with one attached hydrogen (secondary N) is 1. The van der Waals surface area contributed by atoms with Gasteiger partial charge in [0.1, 0.15) is 0 Å². The van der Waals surface area contributed by atoms with Crippen molar-refractivity contribution in [1.29, 1.82) is 0 Å². The minimum atomic E-state index is -0.438. The van der Waals surface area contributed by atoms with Gasteiger partial charge in [-0.25, -0.2) is 4.79 Å². The summed E-state index contributed by atoms with van der Waals surface area (Å²) in [4.78, 5) is 23.7. The number of hydrogen-bond donors (Lipinski definition) is 1. The van der Waals surface area contributed by atoms with E-state index < -0.39 is 5.76 Å². The Balaban J connectivity index is 1.80. The van der Waals surface area contributed by atoms with Gasteiger partial charge in [-0.1, -0.05) is 29.8 Å². The zero-order chi connectivity index (χ0) is 15.7. The van der Waals surface area contributed by atoms with Crippen LogP contribution in [0.3, 0.4) is 0 Å². The standard InChI is InChI=1S/C17H16N2O3/c1-11-4-3-5-12(8-11)10-18-16(20)13-6-7-15-14(9-13)19(2)17(21)22-15/h3-9H,10H2,1-2H3,(H,18,20). The third-order valence-electron chi connectivity index (χ3n) is 3.59. The van der Waals surface area contributed by atoms with Gasteiger partial charge < -0.3 is 9.73 Å². The molecule has 0 saturated carbocycles. The van der Waals surface area contributed by atoms with Crippen molar-refractivity contribution < 1.29 is 9.21 Å². The molecule has 0 fully saturated rings. The maximum Gasteiger partial charge on any atom is 0.419 e. The van der Waals surface area contributed by atoms with Gasteiger partial charge in [0.2, 0.25) is 0 Å². The number of amides is 1. The van der Waals surface area contributed by atoms with E-state index in [0.29, 0.717) is 23.2 Å². The molecule has 1 amide bonds. The molecule has 0 unspecified atom stereocenters.